The summed E-state index contributed by atoms with van der Waals surface area (Å²) in [5.74, 6) is 0.164. The molecule has 0 bridgehead atoms. The highest BCUT2D eigenvalue weighted by atomic mass is 19.4. The molecule has 3 N–H and O–H groups in total. The van der Waals surface area contributed by atoms with Crippen LogP contribution >= 0.6 is 0 Å². The summed E-state index contributed by atoms with van der Waals surface area (Å²) in [6.07, 6.45) is -4.22. The molecule has 0 aromatic carbocycles. The van der Waals surface area contributed by atoms with E-state index in [1.54, 1.807) is 13.8 Å². The topological polar surface area (TPSA) is 74.0 Å². The van der Waals surface area contributed by atoms with Gasteiger partial charge in [0.1, 0.15) is 6.04 Å². The second kappa shape index (κ2) is 8.04. The van der Waals surface area contributed by atoms with E-state index in [0.717, 1.165) is 0 Å². The Hall–Kier alpha value is -1.51. The van der Waals surface area contributed by atoms with E-state index in [2.05, 4.69) is 10.3 Å². The van der Waals surface area contributed by atoms with Crippen LogP contribution in [-0.2, 0) is 4.79 Å². The normalized spacial score (nSPS) is 19.3. The summed E-state index contributed by atoms with van der Waals surface area (Å²) in [6.45, 7) is 8.90. The fraction of sp³-hybridized carbons (Fsp3) is 0.867. The molecule has 1 aliphatic heterocycles. The van der Waals surface area contributed by atoms with Gasteiger partial charge in [0.25, 0.3) is 0 Å². The molecule has 0 saturated carbocycles. The van der Waals surface area contributed by atoms with Gasteiger partial charge in [-0.15, -0.1) is 0 Å². The molecule has 140 valence electrons. The molecule has 1 rings (SSSR count). The van der Waals surface area contributed by atoms with Gasteiger partial charge in [0.15, 0.2) is 5.96 Å². The van der Waals surface area contributed by atoms with Crippen LogP contribution in [0.5, 0.6) is 0 Å². The first kappa shape index (κ1) is 20.5. The molecule has 1 atom stereocenters. The molecular formula is C15H28F3N5O. The maximum atomic E-state index is 12.8. The summed E-state index contributed by atoms with van der Waals surface area (Å²) in [4.78, 5) is 19.2. The lowest BCUT2D eigenvalue weighted by Crippen LogP contribution is -2.57. The number of nitrogens with two attached hydrogens (primary N) is 1. The van der Waals surface area contributed by atoms with E-state index in [1.165, 1.54) is 11.8 Å². The van der Waals surface area contributed by atoms with Crippen LogP contribution in [0.15, 0.2) is 4.99 Å². The molecule has 0 radical (unpaired) electrons. The van der Waals surface area contributed by atoms with Gasteiger partial charge < -0.3 is 16.0 Å². The SMILES string of the molecule is CCNC(=NCC(C)(C)C(N)=O)N1CCN(C(C)C(F)(F)F)CC1. The van der Waals surface area contributed by atoms with Gasteiger partial charge in [-0.2, -0.15) is 13.2 Å². The number of piperazine rings is 1. The summed E-state index contributed by atoms with van der Waals surface area (Å²) in [5, 5.41) is 3.12. The number of primary amides is 1. The zero-order valence-corrected chi connectivity index (χ0v) is 14.8. The van der Waals surface area contributed by atoms with Gasteiger partial charge in [0, 0.05) is 32.7 Å². The van der Waals surface area contributed by atoms with Crippen LogP contribution in [0.25, 0.3) is 0 Å². The number of hydrogen-bond donors (Lipinski definition) is 2. The van der Waals surface area contributed by atoms with E-state index in [0.29, 0.717) is 38.7 Å². The fourth-order valence-corrected chi connectivity index (χ4v) is 2.30. The van der Waals surface area contributed by atoms with Gasteiger partial charge in [0.05, 0.1) is 12.0 Å². The molecule has 1 aliphatic rings. The zero-order valence-electron chi connectivity index (χ0n) is 14.8. The van der Waals surface area contributed by atoms with Gasteiger partial charge in [-0.25, -0.2) is 0 Å². The molecule has 1 saturated heterocycles. The first-order valence-corrected chi connectivity index (χ1v) is 8.13. The highest BCUT2D eigenvalue weighted by Gasteiger charge is 2.41. The molecule has 1 fully saturated rings. The highest BCUT2D eigenvalue weighted by Crippen LogP contribution is 2.25. The molecule has 0 aliphatic carbocycles. The number of guanidine groups is 1. The number of nitrogens with one attached hydrogen (secondary N) is 1. The van der Waals surface area contributed by atoms with E-state index < -0.39 is 23.5 Å². The lowest BCUT2D eigenvalue weighted by molar-refractivity contribution is -0.181. The molecular weight excluding hydrogens is 323 g/mol. The number of carbonyl (C=O) groups is 1. The fourth-order valence-electron chi connectivity index (χ4n) is 2.30. The maximum absolute atomic E-state index is 12.8. The molecule has 1 heterocycles. The van der Waals surface area contributed by atoms with Gasteiger partial charge in [0.2, 0.25) is 5.91 Å². The molecule has 24 heavy (non-hydrogen) atoms. The molecule has 0 aromatic heterocycles. The van der Waals surface area contributed by atoms with Crippen LogP contribution in [0.3, 0.4) is 0 Å². The van der Waals surface area contributed by atoms with Crippen LogP contribution in [-0.4, -0.2) is 73.2 Å². The summed E-state index contributed by atoms with van der Waals surface area (Å²) in [6, 6.07) is -1.45. The number of hydrogen-bond acceptors (Lipinski definition) is 3. The summed E-state index contributed by atoms with van der Waals surface area (Å²) >= 11 is 0. The van der Waals surface area contributed by atoms with Crippen LogP contribution in [0.2, 0.25) is 0 Å². The van der Waals surface area contributed by atoms with Crippen LogP contribution in [0.1, 0.15) is 27.7 Å². The predicted molar refractivity (Wildman–Crippen MR) is 87.6 cm³/mol. The third kappa shape index (κ3) is 5.54. The van der Waals surface area contributed by atoms with Gasteiger partial charge >= 0.3 is 6.18 Å². The molecule has 1 amide bonds. The molecule has 6 nitrogen and oxygen atoms in total. The number of alkyl halides is 3. The number of halogens is 3. The highest BCUT2D eigenvalue weighted by molar-refractivity contribution is 5.82. The first-order chi connectivity index (χ1) is 11.0. The van der Waals surface area contributed by atoms with E-state index >= 15 is 0 Å². The lowest BCUT2D eigenvalue weighted by Gasteiger charge is -2.39. The van der Waals surface area contributed by atoms with E-state index in [-0.39, 0.29) is 6.54 Å². The Morgan fingerprint density at radius 1 is 1.25 bits per heavy atom. The van der Waals surface area contributed by atoms with Gasteiger partial charge in [-0.05, 0) is 27.7 Å². The van der Waals surface area contributed by atoms with Crippen molar-refractivity contribution in [2.75, 3.05) is 39.3 Å². The van der Waals surface area contributed by atoms with Crippen molar-refractivity contribution >= 4 is 11.9 Å². The molecule has 9 heteroatoms. The first-order valence-electron chi connectivity index (χ1n) is 8.13. The van der Waals surface area contributed by atoms with Crippen molar-refractivity contribution in [3.05, 3.63) is 0 Å². The second-order valence-corrected chi connectivity index (χ2v) is 6.66. The second-order valence-electron chi connectivity index (χ2n) is 6.66. The third-order valence-corrected chi connectivity index (χ3v) is 4.26. The van der Waals surface area contributed by atoms with E-state index in [9.17, 15) is 18.0 Å². The molecule has 1 unspecified atom stereocenters. The van der Waals surface area contributed by atoms with Crippen LogP contribution < -0.4 is 11.1 Å². The largest absolute Gasteiger partial charge is 0.403 e. The Morgan fingerprint density at radius 2 is 1.79 bits per heavy atom. The Labute approximate surface area is 141 Å². The minimum absolute atomic E-state index is 0.226. The van der Waals surface area contributed by atoms with Crippen molar-refractivity contribution in [1.29, 1.82) is 0 Å². The Balaban J connectivity index is 2.71. The van der Waals surface area contributed by atoms with Gasteiger partial charge in [-0.3, -0.25) is 14.7 Å². The van der Waals surface area contributed by atoms with Crippen molar-refractivity contribution in [1.82, 2.24) is 15.1 Å². The van der Waals surface area contributed by atoms with Gasteiger partial charge in [-0.1, -0.05) is 0 Å². The monoisotopic (exact) mass is 351 g/mol. The Kier molecular flexibility index (Phi) is 6.88. The summed E-state index contributed by atoms with van der Waals surface area (Å²) in [5.41, 5.74) is 4.58. The average Bonchev–Trinajstić information content (AvgIpc) is 2.50. The summed E-state index contributed by atoms with van der Waals surface area (Å²) < 4.78 is 38.4. The lowest BCUT2D eigenvalue weighted by atomic mass is 9.93. The molecule has 0 spiro atoms. The van der Waals surface area contributed by atoms with E-state index in [1.807, 2.05) is 11.8 Å². The number of aliphatic imine (C=N–C) groups is 1. The quantitative estimate of drug-likeness (QED) is 0.573. The average molecular weight is 351 g/mol. The smallest absolute Gasteiger partial charge is 0.369 e. The number of carbonyl (C=O) groups excluding carboxylic acids is 1. The summed E-state index contributed by atoms with van der Waals surface area (Å²) in [7, 11) is 0. The van der Waals surface area contributed by atoms with Crippen molar-refractivity contribution < 1.29 is 18.0 Å². The van der Waals surface area contributed by atoms with Crippen molar-refractivity contribution in [3.8, 4) is 0 Å². The number of amides is 1. The minimum Gasteiger partial charge on any atom is -0.369 e. The number of rotatable bonds is 5. The number of nitrogens with zero attached hydrogens (tertiary/aromatic N) is 3. The predicted octanol–water partition coefficient (Wildman–Crippen LogP) is 1.03. The van der Waals surface area contributed by atoms with Crippen molar-refractivity contribution in [3.63, 3.8) is 0 Å². The minimum atomic E-state index is -4.22. The Bertz CT molecular complexity index is 457. The van der Waals surface area contributed by atoms with Crippen LogP contribution in [0.4, 0.5) is 13.2 Å². The van der Waals surface area contributed by atoms with Crippen molar-refractivity contribution in [2.24, 2.45) is 16.1 Å². The van der Waals surface area contributed by atoms with E-state index in [4.69, 9.17) is 5.73 Å². The van der Waals surface area contributed by atoms with Crippen molar-refractivity contribution in [2.45, 2.75) is 39.9 Å². The standard InChI is InChI=1S/C15H28F3N5O/c1-5-20-13(21-10-14(3,4)12(19)24)23-8-6-22(7-9-23)11(2)15(16,17)18/h11H,5-10H2,1-4H3,(H2,19,24)(H,20,21). The van der Waals surface area contributed by atoms with Crippen LogP contribution in [0, 0.1) is 5.41 Å². The third-order valence-electron chi connectivity index (χ3n) is 4.26. The zero-order chi connectivity index (χ0) is 18.5. The Morgan fingerprint density at radius 3 is 2.21 bits per heavy atom. The maximum Gasteiger partial charge on any atom is 0.403 e. The molecule has 0 aromatic rings.